The van der Waals surface area contributed by atoms with Crippen LogP contribution in [0.25, 0.3) is 0 Å². The van der Waals surface area contributed by atoms with E-state index in [-0.39, 0.29) is 0 Å². The molecule has 2 heteroatoms. The third-order valence-electron chi connectivity index (χ3n) is 6.19. The highest BCUT2D eigenvalue weighted by Gasteiger charge is 2.26. The third kappa shape index (κ3) is 3.32. The number of hydrogen-bond donors (Lipinski definition) is 1. The molecule has 0 amide bonds. The topological polar surface area (TPSA) is 21.3 Å². The summed E-state index contributed by atoms with van der Waals surface area (Å²) in [5.74, 6) is 2.40. The second-order valence-electron chi connectivity index (χ2n) is 7.68. The van der Waals surface area contributed by atoms with E-state index < -0.39 is 0 Å². The molecule has 0 unspecified atom stereocenters. The Morgan fingerprint density at radius 1 is 1.08 bits per heavy atom. The largest absolute Gasteiger partial charge is 0.496 e. The van der Waals surface area contributed by atoms with E-state index in [1.54, 1.807) is 7.11 Å². The SMILES string of the molecule is COc1cccc2c1[C@H](Cc1ccc(C3CCNCC3)cc1C)CC2. The molecule has 1 fully saturated rings. The maximum absolute atomic E-state index is 5.65. The number of aryl methyl sites for hydroxylation is 2. The second-order valence-corrected chi connectivity index (χ2v) is 7.68. The molecular weight excluding hydrogens is 306 g/mol. The minimum absolute atomic E-state index is 0.592. The average Bonchev–Trinajstić information content (AvgIpc) is 3.07. The molecule has 1 heterocycles. The van der Waals surface area contributed by atoms with Crippen LogP contribution in [0.4, 0.5) is 0 Å². The minimum atomic E-state index is 0.592. The van der Waals surface area contributed by atoms with Gasteiger partial charge in [0.05, 0.1) is 7.11 Å². The molecule has 4 rings (SSSR count). The molecule has 0 radical (unpaired) electrons. The Kier molecular flexibility index (Phi) is 4.80. The van der Waals surface area contributed by atoms with Gasteiger partial charge in [0.1, 0.15) is 5.75 Å². The standard InChI is InChI=1S/C23H29NO/c1-16-14-20(17-10-12-24-13-11-17)8-7-19(16)15-21-9-6-18-4-3-5-22(25-2)23(18)21/h3-5,7-8,14,17,21,24H,6,9-13,15H2,1-2H3/t21-/m0/s1. The smallest absolute Gasteiger partial charge is 0.122 e. The number of hydrogen-bond acceptors (Lipinski definition) is 2. The lowest BCUT2D eigenvalue weighted by atomic mass is 9.86. The molecule has 2 aliphatic rings. The third-order valence-corrected chi connectivity index (χ3v) is 6.19. The highest BCUT2D eigenvalue weighted by molar-refractivity contribution is 5.47. The number of ether oxygens (including phenoxy) is 1. The van der Waals surface area contributed by atoms with Crippen molar-refractivity contribution in [3.05, 3.63) is 64.2 Å². The number of piperidine rings is 1. The van der Waals surface area contributed by atoms with E-state index in [9.17, 15) is 0 Å². The number of fused-ring (bicyclic) bond motifs is 1. The summed E-state index contributed by atoms with van der Waals surface area (Å²) < 4.78 is 5.65. The van der Waals surface area contributed by atoms with Gasteiger partial charge in [-0.05, 0) is 92.3 Å². The molecule has 1 atom stereocenters. The van der Waals surface area contributed by atoms with Crippen LogP contribution in [-0.4, -0.2) is 20.2 Å². The van der Waals surface area contributed by atoms with Gasteiger partial charge in [-0.2, -0.15) is 0 Å². The first-order valence-electron chi connectivity index (χ1n) is 9.72. The van der Waals surface area contributed by atoms with E-state index in [1.165, 1.54) is 53.5 Å². The fraction of sp³-hybridized carbons (Fsp3) is 0.478. The van der Waals surface area contributed by atoms with Crippen molar-refractivity contribution in [3.63, 3.8) is 0 Å². The highest BCUT2D eigenvalue weighted by atomic mass is 16.5. The van der Waals surface area contributed by atoms with Gasteiger partial charge in [0.15, 0.2) is 0 Å². The van der Waals surface area contributed by atoms with Gasteiger partial charge in [0.2, 0.25) is 0 Å². The number of nitrogens with one attached hydrogen (secondary N) is 1. The summed E-state index contributed by atoms with van der Waals surface area (Å²) in [7, 11) is 1.80. The van der Waals surface area contributed by atoms with E-state index in [4.69, 9.17) is 4.74 Å². The van der Waals surface area contributed by atoms with Gasteiger partial charge >= 0.3 is 0 Å². The second kappa shape index (κ2) is 7.21. The Balaban J connectivity index is 1.55. The van der Waals surface area contributed by atoms with Crippen LogP contribution in [0, 0.1) is 6.92 Å². The zero-order chi connectivity index (χ0) is 17.2. The summed E-state index contributed by atoms with van der Waals surface area (Å²) in [5.41, 5.74) is 7.42. The first kappa shape index (κ1) is 16.7. The monoisotopic (exact) mass is 335 g/mol. The quantitative estimate of drug-likeness (QED) is 0.871. The van der Waals surface area contributed by atoms with Crippen LogP contribution in [0.2, 0.25) is 0 Å². The summed E-state index contributed by atoms with van der Waals surface area (Å²) in [5, 5.41) is 3.47. The zero-order valence-corrected chi connectivity index (χ0v) is 15.5. The van der Waals surface area contributed by atoms with Crippen LogP contribution in [0.1, 0.15) is 58.9 Å². The van der Waals surface area contributed by atoms with Gasteiger partial charge in [0, 0.05) is 5.56 Å². The van der Waals surface area contributed by atoms with Crippen molar-refractivity contribution in [2.45, 2.75) is 50.9 Å². The van der Waals surface area contributed by atoms with Crippen molar-refractivity contribution >= 4 is 0 Å². The lowest BCUT2D eigenvalue weighted by Gasteiger charge is -2.24. The van der Waals surface area contributed by atoms with Gasteiger partial charge in [-0.15, -0.1) is 0 Å². The maximum atomic E-state index is 5.65. The minimum Gasteiger partial charge on any atom is -0.496 e. The summed E-state index contributed by atoms with van der Waals surface area (Å²) in [6.45, 7) is 4.60. The van der Waals surface area contributed by atoms with Crippen molar-refractivity contribution in [1.82, 2.24) is 5.32 Å². The molecule has 0 spiro atoms. The van der Waals surface area contributed by atoms with E-state index in [0.717, 1.165) is 31.2 Å². The first-order chi connectivity index (χ1) is 12.3. The zero-order valence-electron chi connectivity index (χ0n) is 15.5. The van der Waals surface area contributed by atoms with Gasteiger partial charge in [-0.1, -0.05) is 30.3 Å². The van der Waals surface area contributed by atoms with Gasteiger partial charge < -0.3 is 10.1 Å². The molecule has 2 nitrogen and oxygen atoms in total. The summed E-state index contributed by atoms with van der Waals surface area (Å²) in [4.78, 5) is 0. The molecule has 25 heavy (non-hydrogen) atoms. The fourth-order valence-corrected chi connectivity index (χ4v) is 4.75. The van der Waals surface area contributed by atoms with Crippen LogP contribution in [0.5, 0.6) is 5.75 Å². The molecule has 1 N–H and O–H groups in total. The van der Waals surface area contributed by atoms with E-state index in [1.807, 2.05) is 0 Å². The number of rotatable bonds is 4. The Bertz CT molecular complexity index is 746. The maximum Gasteiger partial charge on any atom is 0.122 e. The number of methoxy groups -OCH3 is 1. The molecule has 2 aromatic carbocycles. The Morgan fingerprint density at radius 3 is 2.68 bits per heavy atom. The Hall–Kier alpha value is -1.80. The van der Waals surface area contributed by atoms with Crippen molar-refractivity contribution in [2.75, 3.05) is 20.2 Å². The van der Waals surface area contributed by atoms with Crippen LogP contribution in [-0.2, 0) is 12.8 Å². The Labute approximate surface area is 151 Å². The average molecular weight is 335 g/mol. The summed E-state index contributed by atoms with van der Waals surface area (Å²) in [6, 6.07) is 13.7. The van der Waals surface area contributed by atoms with Gasteiger partial charge in [-0.25, -0.2) is 0 Å². The summed E-state index contributed by atoms with van der Waals surface area (Å²) in [6.07, 6.45) is 6.10. The predicted molar refractivity (Wildman–Crippen MR) is 104 cm³/mol. The van der Waals surface area contributed by atoms with Crippen LogP contribution in [0.15, 0.2) is 36.4 Å². The molecule has 0 bridgehead atoms. The molecule has 132 valence electrons. The number of benzene rings is 2. The summed E-state index contributed by atoms with van der Waals surface area (Å²) >= 11 is 0. The normalized spacial score (nSPS) is 20.5. The lowest BCUT2D eigenvalue weighted by molar-refractivity contribution is 0.406. The van der Waals surface area contributed by atoms with Crippen molar-refractivity contribution < 1.29 is 4.74 Å². The van der Waals surface area contributed by atoms with E-state index >= 15 is 0 Å². The molecule has 2 aromatic rings. The van der Waals surface area contributed by atoms with Crippen LogP contribution in [0.3, 0.4) is 0 Å². The molecule has 0 saturated carbocycles. The molecular formula is C23H29NO. The predicted octanol–water partition coefficient (Wildman–Crippen LogP) is 4.74. The van der Waals surface area contributed by atoms with E-state index in [0.29, 0.717) is 5.92 Å². The molecule has 0 aromatic heterocycles. The first-order valence-corrected chi connectivity index (χ1v) is 9.72. The van der Waals surface area contributed by atoms with Crippen LogP contribution < -0.4 is 10.1 Å². The Morgan fingerprint density at radius 2 is 1.92 bits per heavy atom. The molecule has 1 saturated heterocycles. The van der Waals surface area contributed by atoms with Crippen molar-refractivity contribution in [1.29, 1.82) is 0 Å². The van der Waals surface area contributed by atoms with E-state index in [2.05, 4.69) is 48.6 Å². The van der Waals surface area contributed by atoms with Crippen molar-refractivity contribution in [2.24, 2.45) is 0 Å². The van der Waals surface area contributed by atoms with Gasteiger partial charge in [0.25, 0.3) is 0 Å². The highest BCUT2D eigenvalue weighted by Crippen LogP contribution is 2.41. The molecule has 1 aliphatic carbocycles. The molecule has 1 aliphatic heterocycles. The van der Waals surface area contributed by atoms with Crippen LogP contribution >= 0.6 is 0 Å². The van der Waals surface area contributed by atoms with Gasteiger partial charge in [-0.3, -0.25) is 0 Å². The van der Waals surface area contributed by atoms with Crippen molar-refractivity contribution in [3.8, 4) is 5.75 Å². The lowest BCUT2D eigenvalue weighted by Crippen LogP contribution is -2.26. The fourth-order valence-electron chi connectivity index (χ4n) is 4.75.